The molecule has 0 saturated carbocycles. The summed E-state index contributed by atoms with van der Waals surface area (Å²) >= 11 is 12.1. The first-order chi connectivity index (χ1) is 9.67. The Morgan fingerprint density at radius 1 is 1.25 bits per heavy atom. The number of methoxy groups -OCH3 is 1. The number of hydrogen-bond donors (Lipinski definition) is 1. The summed E-state index contributed by atoms with van der Waals surface area (Å²) in [5.74, 6) is 0.740. The number of hydrogen-bond acceptors (Lipinski definition) is 3. The van der Waals surface area contributed by atoms with Gasteiger partial charge in [-0.15, -0.1) is 0 Å². The molecule has 1 unspecified atom stereocenters. The Balaban J connectivity index is 2.47. The fraction of sp³-hybridized carbons (Fsp3) is 0.267. The fourth-order valence-corrected chi connectivity index (χ4v) is 2.37. The van der Waals surface area contributed by atoms with E-state index in [2.05, 4.69) is 10.3 Å². The first-order valence-electron chi connectivity index (χ1n) is 6.34. The van der Waals surface area contributed by atoms with Crippen LogP contribution >= 0.6 is 23.2 Å². The Hall–Kier alpha value is -1.29. The topological polar surface area (TPSA) is 34.2 Å². The fourth-order valence-electron chi connectivity index (χ4n) is 2.06. The van der Waals surface area contributed by atoms with E-state index >= 15 is 0 Å². The van der Waals surface area contributed by atoms with Crippen molar-refractivity contribution in [2.75, 3.05) is 13.7 Å². The molecule has 1 atom stereocenters. The van der Waals surface area contributed by atoms with Gasteiger partial charge in [-0.05, 0) is 36.4 Å². The molecule has 0 radical (unpaired) electrons. The number of pyridine rings is 1. The first-order valence-corrected chi connectivity index (χ1v) is 7.10. The van der Waals surface area contributed by atoms with Crippen molar-refractivity contribution in [2.24, 2.45) is 0 Å². The van der Waals surface area contributed by atoms with E-state index in [0.717, 1.165) is 23.6 Å². The van der Waals surface area contributed by atoms with Crippen LogP contribution in [0.15, 0.2) is 36.5 Å². The van der Waals surface area contributed by atoms with Crippen LogP contribution in [0, 0.1) is 0 Å². The van der Waals surface area contributed by atoms with Crippen molar-refractivity contribution in [1.82, 2.24) is 10.3 Å². The van der Waals surface area contributed by atoms with Crippen LogP contribution in [0.1, 0.15) is 24.2 Å². The highest BCUT2D eigenvalue weighted by atomic mass is 35.5. The summed E-state index contributed by atoms with van der Waals surface area (Å²) in [5, 5.41) is 4.46. The van der Waals surface area contributed by atoms with Crippen molar-refractivity contribution in [3.8, 4) is 5.75 Å². The highest BCUT2D eigenvalue weighted by molar-refractivity contribution is 6.42. The van der Waals surface area contributed by atoms with Crippen LogP contribution in [0.5, 0.6) is 5.75 Å². The molecule has 0 saturated heterocycles. The van der Waals surface area contributed by atoms with Crippen LogP contribution in [-0.4, -0.2) is 18.6 Å². The van der Waals surface area contributed by atoms with Gasteiger partial charge in [0, 0.05) is 6.20 Å². The molecule has 2 aromatic rings. The standard InChI is InChI=1S/C15H16Cl2N2O/c1-3-18-14(10-6-7-11(16)12(17)9-10)15-13(20-2)5-4-8-19-15/h4-9,14,18H,3H2,1-2H3. The van der Waals surface area contributed by atoms with E-state index in [-0.39, 0.29) is 6.04 Å². The number of nitrogens with one attached hydrogen (secondary N) is 1. The monoisotopic (exact) mass is 310 g/mol. The molecule has 1 aromatic carbocycles. The number of benzene rings is 1. The van der Waals surface area contributed by atoms with Gasteiger partial charge in [0.25, 0.3) is 0 Å². The maximum absolute atomic E-state index is 6.11. The molecule has 1 aromatic heterocycles. The summed E-state index contributed by atoms with van der Waals surface area (Å²) in [6, 6.07) is 9.23. The zero-order valence-corrected chi connectivity index (χ0v) is 12.9. The molecule has 20 heavy (non-hydrogen) atoms. The van der Waals surface area contributed by atoms with Crippen molar-refractivity contribution in [2.45, 2.75) is 13.0 Å². The number of aromatic nitrogens is 1. The first kappa shape index (κ1) is 15.1. The smallest absolute Gasteiger partial charge is 0.142 e. The van der Waals surface area contributed by atoms with E-state index in [1.54, 1.807) is 19.4 Å². The Morgan fingerprint density at radius 3 is 2.70 bits per heavy atom. The van der Waals surface area contributed by atoms with Crippen LogP contribution in [0.3, 0.4) is 0 Å². The minimum absolute atomic E-state index is 0.0917. The molecule has 0 aliphatic carbocycles. The third kappa shape index (κ3) is 3.23. The molecular weight excluding hydrogens is 295 g/mol. The Morgan fingerprint density at radius 2 is 2.05 bits per heavy atom. The van der Waals surface area contributed by atoms with Crippen LogP contribution < -0.4 is 10.1 Å². The molecular formula is C15H16Cl2N2O. The third-order valence-electron chi connectivity index (χ3n) is 2.98. The van der Waals surface area contributed by atoms with E-state index in [1.807, 2.05) is 31.2 Å². The highest BCUT2D eigenvalue weighted by Gasteiger charge is 2.19. The van der Waals surface area contributed by atoms with Gasteiger partial charge in [0.05, 0.1) is 23.2 Å². The second-order valence-electron chi connectivity index (χ2n) is 4.26. The minimum Gasteiger partial charge on any atom is -0.495 e. The average Bonchev–Trinajstić information content (AvgIpc) is 2.48. The lowest BCUT2D eigenvalue weighted by molar-refractivity contribution is 0.400. The number of ether oxygens (including phenoxy) is 1. The maximum Gasteiger partial charge on any atom is 0.142 e. The zero-order valence-electron chi connectivity index (χ0n) is 11.4. The van der Waals surface area contributed by atoms with Gasteiger partial charge < -0.3 is 10.1 Å². The normalized spacial score (nSPS) is 12.2. The predicted octanol–water partition coefficient (Wildman–Crippen LogP) is 4.10. The largest absolute Gasteiger partial charge is 0.495 e. The van der Waals surface area contributed by atoms with Gasteiger partial charge >= 0.3 is 0 Å². The van der Waals surface area contributed by atoms with Gasteiger partial charge in [-0.2, -0.15) is 0 Å². The number of rotatable bonds is 5. The quantitative estimate of drug-likeness (QED) is 0.903. The lowest BCUT2D eigenvalue weighted by Crippen LogP contribution is -2.23. The molecule has 5 heteroatoms. The average molecular weight is 311 g/mol. The molecule has 1 heterocycles. The van der Waals surface area contributed by atoms with Crippen LogP contribution in [-0.2, 0) is 0 Å². The lowest BCUT2D eigenvalue weighted by atomic mass is 10.0. The van der Waals surface area contributed by atoms with Crippen LogP contribution in [0.4, 0.5) is 0 Å². The molecule has 3 nitrogen and oxygen atoms in total. The molecule has 0 fully saturated rings. The van der Waals surface area contributed by atoms with Gasteiger partial charge in [-0.1, -0.05) is 36.2 Å². The second-order valence-corrected chi connectivity index (χ2v) is 5.07. The molecule has 0 aliphatic rings. The Kier molecular flexibility index (Phi) is 5.24. The van der Waals surface area contributed by atoms with Crippen molar-refractivity contribution < 1.29 is 4.74 Å². The molecule has 106 valence electrons. The van der Waals surface area contributed by atoms with E-state index in [4.69, 9.17) is 27.9 Å². The molecule has 0 spiro atoms. The highest BCUT2D eigenvalue weighted by Crippen LogP contribution is 2.31. The summed E-state index contributed by atoms with van der Waals surface area (Å²) in [6.07, 6.45) is 1.75. The van der Waals surface area contributed by atoms with Gasteiger partial charge in [-0.3, -0.25) is 4.98 Å². The van der Waals surface area contributed by atoms with Gasteiger partial charge in [0.15, 0.2) is 0 Å². The van der Waals surface area contributed by atoms with Crippen molar-refractivity contribution in [3.63, 3.8) is 0 Å². The SMILES string of the molecule is CCNC(c1ccc(Cl)c(Cl)c1)c1ncccc1OC. The Bertz CT molecular complexity index is 590. The van der Waals surface area contributed by atoms with E-state index in [9.17, 15) is 0 Å². The molecule has 1 N–H and O–H groups in total. The Labute approximate surface area is 128 Å². The summed E-state index contributed by atoms with van der Waals surface area (Å²) < 4.78 is 5.39. The van der Waals surface area contributed by atoms with Crippen molar-refractivity contribution >= 4 is 23.2 Å². The molecule has 0 bridgehead atoms. The summed E-state index contributed by atoms with van der Waals surface area (Å²) in [5.41, 5.74) is 1.83. The van der Waals surface area contributed by atoms with Crippen molar-refractivity contribution in [1.29, 1.82) is 0 Å². The summed E-state index contributed by atoms with van der Waals surface area (Å²) in [4.78, 5) is 4.43. The summed E-state index contributed by atoms with van der Waals surface area (Å²) in [7, 11) is 1.64. The number of halogens is 2. The van der Waals surface area contributed by atoms with Crippen molar-refractivity contribution in [3.05, 3.63) is 57.8 Å². The van der Waals surface area contributed by atoms with E-state index < -0.39 is 0 Å². The molecule has 2 rings (SSSR count). The lowest BCUT2D eigenvalue weighted by Gasteiger charge is -2.20. The number of nitrogens with zero attached hydrogens (tertiary/aromatic N) is 1. The summed E-state index contributed by atoms with van der Waals surface area (Å²) in [6.45, 7) is 2.84. The zero-order chi connectivity index (χ0) is 14.5. The van der Waals surface area contributed by atoms with Crippen LogP contribution in [0.2, 0.25) is 10.0 Å². The van der Waals surface area contributed by atoms with Gasteiger partial charge in [0.1, 0.15) is 11.4 Å². The second kappa shape index (κ2) is 6.93. The van der Waals surface area contributed by atoms with Gasteiger partial charge in [-0.25, -0.2) is 0 Å². The predicted molar refractivity (Wildman–Crippen MR) is 82.8 cm³/mol. The minimum atomic E-state index is -0.0917. The van der Waals surface area contributed by atoms with E-state index in [0.29, 0.717) is 10.0 Å². The molecule has 0 amide bonds. The molecule has 0 aliphatic heterocycles. The van der Waals surface area contributed by atoms with E-state index in [1.165, 1.54) is 0 Å². The third-order valence-corrected chi connectivity index (χ3v) is 3.72. The maximum atomic E-state index is 6.11. The van der Waals surface area contributed by atoms with Crippen LogP contribution in [0.25, 0.3) is 0 Å². The van der Waals surface area contributed by atoms with Gasteiger partial charge in [0.2, 0.25) is 0 Å².